The topological polar surface area (TPSA) is 42.3 Å². The number of para-hydroxylation sites is 1. The standard InChI is InChI=1S/C18H26N4O/c1-13-16(18(23-4)22(3)20-13)12-19-11-14-9-10-21(2)17-8-6-5-7-15(14)17/h5-8,14,19H,9-12H2,1-4H3/t14-/m0/s1. The van der Waals surface area contributed by atoms with Gasteiger partial charge in [0.2, 0.25) is 5.88 Å². The molecule has 5 nitrogen and oxygen atoms in total. The number of benzene rings is 1. The maximum atomic E-state index is 5.46. The molecule has 0 fully saturated rings. The van der Waals surface area contributed by atoms with Crippen molar-refractivity contribution in [1.29, 1.82) is 0 Å². The quantitative estimate of drug-likeness (QED) is 0.920. The van der Waals surface area contributed by atoms with Gasteiger partial charge in [-0.3, -0.25) is 0 Å². The highest BCUT2D eigenvalue weighted by Gasteiger charge is 2.22. The molecule has 0 radical (unpaired) electrons. The minimum atomic E-state index is 0.561. The van der Waals surface area contributed by atoms with Crippen molar-refractivity contribution in [1.82, 2.24) is 15.1 Å². The van der Waals surface area contributed by atoms with Gasteiger partial charge in [-0.25, -0.2) is 4.68 Å². The summed E-state index contributed by atoms with van der Waals surface area (Å²) in [6.07, 6.45) is 1.18. The van der Waals surface area contributed by atoms with Gasteiger partial charge in [0.15, 0.2) is 0 Å². The van der Waals surface area contributed by atoms with E-state index in [1.165, 1.54) is 17.7 Å². The molecule has 124 valence electrons. The van der Waals surface area contributed by atoms with Gasteiger partial charge >= 0.3 is 0 Å². The summed E-state index contributed by atoms with van der Waals surface area (Å²) in [5.41, 5.74) is 4.99. The Hall–Kier alpha value is -2.01. The zero-order valence-electron chi connectivity index (χ0n) is 14.5. The highest BCUT2D eigenvalue weighted by Crippen LogP contribution is 2.33. The Balaban J connectivity index is 1.67. The van der Waals surface area contributed by atoms with Crippen molar-refractivity contribution >= 4 is 5.69 Å². The maximum Gasteiger partial charge on any atom is 0.216 e. The van der Waals surface area contributed by atoms with Gasteiger partial charge in [0.1, 0.15) is 0 Å². The van der Waals surface area contributed by atoms with Crippen molar-refractivity contribution < 1.29 is 4.74 Å². The third kappa shape index (κ3) is 3.06. The van der Waals surface area contributed by atoms with Gasteiger partial charge in [0.05, 0.1) is 18.4 Å². The Labute approximate surface area is 138 Å². The molecule has 1 aliphatic rings. The smallest absolute Gasteiger partial charge is 0.216 e. The number of rotatable bonds is 5. The third-order valence-electron chi connectivity index (χ3n) is 4.78. The molecule has 3 rings (SSSR count). The molecule has 23 heavy (non-hydrogen) atoms. The first-order chi connectivity index (χ1) is 11.1. The number of methoxy groups -OCH3 is 1. The van der Waals surface area contributed by atoms with E-state index in [4.69, 9.17) is 4.74 Å². The summed E-state index contributed by atoms with van der Waals surface area (Å²) in [5, 5.41) is 8.04. The first-order valence-electron chi connectivity index (χ1n) is 8.19. The molecule has 1 aromatic carbocycles. The first-order valence-corrected chi connectivity index (χ1v) is 8.19. The van der Waals surface area contributed by atoms with Gasteiger partial charge in [-0.1, -0.05) is 18.2 Å². The van der Waals surface area contributed by atoms with Crippen molar-refractivity contribution in [2.45, 2.75) is 25.8 Å². The van der Waals surface area contributed by atoms with Gasteiger partial charge in [-0.15, -0.1) is 0 Å². The monoisotopic (exact) mass is 314 g/mol. The number of fused-ring (bicyclic) bond motifs is 1. The second kappa shape index (κ2) is 6.62. The van der Waals surface area contributed by atoms with E-state index in [0.29, 0.717) is 5.92 Å². The molecule has 0 bridgehead atoms. The highest BCUT2D eigenvalue weighted by atomic mass is 16.5. The van der Waals surface area contributed by atoms with Gasteiger partial charge < -0.3 is 15.0 Å². The average molecular weight is 314 g/mol. The second-order valence-corrected chi connectivity index (χ2v) is 6.29. The lowest BCUT2D eigenvalue weighted by molar-refractivity contribution is 0.367. The number of anilines is 1. The van der Waals surface area contributed by atoms with E-state index in [1.807, 2.05) is 14.0 Å². The molecular formula is C18H26N4O. The van der Waals surface area contributed by atoms with E-state index in [-0.39, 0.29) is 0 Å². The van der Waals surface area contributed by atoms with Crippen LogP contribution in [0.2, 0.25) is 0 Å². The number of aromatic nitrogens is 2. The molecule has 0 saturated heterocycles. The fourth-order valence-corrected chi connectivity index (χ4v) is 3.53. The van der Waals surface area contributed by atoms with Crippen LogP contribution in [-0.2, 0) is 13.6 Å². The third-order valence-corrected chi connectivity index (χ3v) is 4.78. The number of hydrogen-bond acceptors (Lipinski definition) is 4. The van der Waals surface area contributed by atoms with Crippen LogP contribution in [0.25, 0.3) is 0 Å². The van der Waals surface area contributed by atoms with E-state index in [9.17, 15) is 0 Å². The molecule has 5 heteroatoms. The molecule has 0 aliphatic carbocycles. The summed E-state index contributed by atoms with van der Waals surface area (Å²) in [7, 11) is 5.79. The number of aryl methyl sites for hydroxylation is 2. The van der Waals surface area contributed by atoms with Crippen molar-refractivity contribution in [3.63, 3.8) is 0 Å². The van der Waals surface area contributed by atoms with Crippen LogP contribution in [0.4, 0.5) is 5.69 Å². The summed E-state index contributed by atoms with van der Waals surface area (Å²) < 4.78 is 7.27. The van der Waals surface area contributed by atoms with Crippen LogP contribution in [0.15, 0.2) is 24.3 Å². The summed E-state index contributed by atoms with van der Waals surface area (Å²) in [6.45, 7) is 4.91. The minimum Gasteiger partial charge on any atom is -0.481 e. The Morgan fingerprint density at radius 3 is 2.87 bits per heavy atom. The lowest BCUT2D eigenvalue weighted by Crippen LogP contribution is -2.31. The normalized spacial score (nSPS) is 17.2. The van der Waals surface area contributed by atoms with Crippen LogP contribution in [-0.4, -0.2) is 37.0 Å². The minimum absolute atomic E-state index is 0.561. The molecule has 1 aliphatic heterocycles. The molecule has 0 saturated carbocycles. The van der Waals surface area contributed by atoms with Crippen molar-refractivity contribution in [3.8, 4) is 5.88 Å². The zero-order chi connectivity index (χ0) is 16.4. The lowest BCUT2D eigenvalue weighted by atomic mass is 9.90. The summed E-state index contributed by atoms with van der Waals surface area (Å²) in [4.78, 5) is 2.35. The van der Waals surface area contributed by atoms with E-state index in [1.54, 1.807) is 11.8 Å². The van der Waals surface area contributed by atoms with Crippen LogP contribution >= 0.6 is 0 Å². The molecule has 1 N–H and O–H groups in total. The first kappa shape index (κ1) is 15.9. The van der Waals surface area contributed by atoms with Crippen molar-refractivity contribution in [3.05, 3.63) is 41.1 Å². The predicted octanol–water partition coefficient (Wildman–Crippen LogP) is 2.45. The SMILES string of the molecule is COc1c(CNC[C@@H]2CCN(C)c3ccccc32)c(C)nn1C. The molecule has 0 amide bonds. The predicted molar refractivity (Wildman–Crippen MR) is 93.3 cm³/mol. The Morgan fingerprint density at radius 2 is 2.09 bits per heavy atom. The number of nitrogens with one attached hydrogen (secondary N) is 1. The van der Waals surface area contributed by atoms with Gasteiger partial charge in [0.25, 0.3) is 0 Å². The van der Waals surface area contributed by atoms with Crippen LogP contribution < -0.4 is 15.0 Å². The Bertz CT molecular complexity index is 680. The molecule has 1 atom stereocenters. The number of hydrogen-bond donors (Lipinski definition) is 1. The molecule has 0 spiro atoms. The molecule has 1 aromatic heterocycles. The van der Waals surface area contributed by atoms with E-state index >= 15 is 0 Å². The van der Waals surface area contributed by atoms with Crippen LogP contribution in [0, 0.1) is 6.92 Å². The maximum absolute atomic E-state index is 5.46. The fraction of sp³-hybridized carbons (Fsp3) is 0.500. The summed E-state index contributed by atoms with van der Waals surface area (Å²) >= 11 is 0. The Morgan fingerprint density at radius 1 is 1.30 bits per heavy atom. The van der Waals surface area contributed by atoms with Gasteiger partial charge in [-0.2, -0.15) is 5.10 Å². The highest BCUT2D eigenvalue weighted by molar-refractivity contribution is 5.56. The second-order valence-electron chi connectivity index (χ2n) is 6.29. The average Bonchev–Trinajstić information content (AvgIpc) is 2.83. The van der Waals surface area contributed by atoms with Crippen LogP contribution in [0.3, 0.4) is 0 Å². The van der Waals surface area contributed by atoms with Crippen LogP contribution in [0.1, 0.15) is 29.2 Å². The van der Waals surface area contributed by atoms with Crippen molar-refractivity contribution in [2.24, 2.45) is 7.05 Å². The number of ether oxygens (including phenoxy) is 1. The molecule has 2 aromatic rings. The largest absolute Gasteiger partial charge is 0.481 e. The summed E-state index contributed by atoms with van der Waals surface area (Å²) in [5.74, 6) is 1.41. The van der Waals surface area contributed by atoms with E-state index in [0.717, 1.165) is 36.8 Å². The number of nitrogens with zero attached hydrogens (tertiary/aromatic N) is 3. The molecule has 2 heterocycles. The van der Waals surface area contributed by atoms with Gasteiger partial charge in [0, 0.05) is 45.3 Å². The zero-order valence-corrected chi connectivity index (χ0v) is 14.5. The van der Waals surface area contributed by atoms with Crippen LogP contribution in [0.5, 0.6) is 5.88 Å². The van der Waals surface area contributed by atoms with Crippen molar-refractivity contribution in [2.75, 3.05) is 32.1 Å². The molecular weight excluding hydrogens is 288 g/mol. The summed E-state index contributed by atoms with van der Waals surface area (Å²) in [6, 6.07) is 8.73. The van der Waals surface area contributed by atoms with Gasteiger partial charge in [-0.05, 0) is 25.0 Å². The Kier molecular flexibility index (Phi) is 4.57. The van der Waals surface area contributed by atoms with E-state index < -0.39 is 0 Å². The molecule has 0 unspecified atom stereocenters. The lowest BCUT2D eigenvalue weighted by Gasteiger charge is -2.33. The fourth-order valence-electron chi connectivity index (χ4n) is 3.53. The van der Waals surface area contributed by atoms with E-state index in [2.05, 4.69) is 46.6 Å².